The lowest BCUT2D eigenvalue weighted by Crippen LogP contribution is -2.07. The molecule has 1 N–H and O–H groups in total. The molecule has 33 heavy (non-hydrogen) atoms. The zero-order chi connectivity index (χ0) is 23.8. The SMILES string of the molecule is COc1cc(Oc2ccc(C#N)cc2C(F)(F)F)ccc1C=C1C(=O)Nc2ccc(F)cc21. The largest absolute Gasteiger partial charge is 0.496 e. The van der Waals surface area contributed by atoms with Crippen molar-refractivity contribution in [1.82, 2.24) is 0 Å². The fraction of sp³-hybridized carbons (Fsp3) is 0.0833. The molecule has 0 aromatic heterocycles. The Morgan fingerprint density at radius 2 is 1.82 bits per heavy atom. The van der Waals surface area contributed by atoms with Crippen LogP contribution in [0, 0.1) is 17.1 Å². The number of nitrogens with zero attached hydrogens (tertiary/aromatic N) is 1. The summed E-state index contributed by atoms with van der Waals surface area (Å²) in [5.74, 6) is -1.14. The number of hydrogen-bond acceptors (Lipinski definition) is 4. The zero-order valence-electron chi connectivity index (χ0n) is 17.0. The summed E-state index contributed by atoms with van der Waals surface area (Å²) in [5.41, 5.74) is 0.251. The first-order valence-corrected chi connectivity index (χ1v) is 9.50. The van der Waals surface area contributed by atoms with Gasteiger partial charge < -0.3 is 14.8 Å². The topological polar surface area (TPSA) is 71.3 Å². The van der Waals surface area contributed by atoms with Gasteiger partial charge in [-0.15, -0.1) is 0 Å². The first kappa shape index (κ1) is 21.9. The number of rotatable bonds is 4. The second-order valence-electron chi connectivity index (χ2n) is 7.03. The van der Waals surface area contributed by atoms with Gasteiger partial charge in [-0.25, -0.2) is 4.39 Å². The third-order valence-electron chi connectivity index (χ3n) is 4.91. The predicted octanol–water partition coefficient (Wildman–Crippen LogP) is 6.01. The number of carbonyl (C=O) groups excluding carboxylic acids is 1. The number of carbonyl (C=O) groups is 1. The van der Waals surface area contributed by atoms with Crippen molar-refractivity contribution in [2.45, 2.75) is 6.18 Å². The van der Waals surface area contributed by atoms with E-state index in [1.165, 1.54) is 55.7 Å². The summed E-state index contributed by atoms with van der Waals surface area (Å²) >= 11 is 0. The number of hydrogen-bond donors (Lipinski definition) is 1. The Kier molecular flexibility index (Phi) is 5.52. The van der Waals surface area contributed by atoms with Gasteiger partial charge in [-0.3, -0.25) is 4.79 Å². The molecular weight excluding hydrogens is 440 g/mol. The summed E-state index contributed by atoms with van der Waals surface area (Å²) in [6.07, 6.45) is -3.23. The average molecular weight is 454 g/mol. The van der Waals surface area contributed by atoms with E-state index in [1.807, 2.05) is 0 Å². The van der Waals surface area contributed by atoms with Crippen LogP contribution in [0.3, 0.4) is 0 Å². The number of amides is 1. The maximum atomic E-state index is 13.7. The molecule has 0 bridgehead atoms. The van der Waals surface area contributed by atoms with Crippen LogP contribution in [0.4, 0.5) is 23.2 Å². The van der Waals surface area contributed by atoms with Crippen LogP contribution in [0.2, 0.25) is 0 Å². The molecule has 3 aromatic rings. The van der Waals surface area contributed by atoms with Gasteiger partial charge in [-0.05, 0) is 54.6 Å². The first-order chi connectivity index (χ1) is 15.7. The average Bonchev–Trinajstić information content (AvgIpc) is 3.08. The monoisotopic (exact) mass is 454 g/mol. The lowest BCUT2D eigenvalue weighted by atomic mass is 10.0. The lowest BCUT2D eigenvalue weighted by Gasteiger charge is -2.15. The molecule has 3 aromatic carbocycles. The maximum Gasteiger partial charge on any atom is 0.420 e. The van der Waals surface area contributed by atoms with Crippen LogP contribution < -0.4 is 14.8 Å². The Hall–Kier alpha value is -4.32. The molecule has 9 heteroatoms. The first-order valence-electron chi connectivity index (χ1n) is 9.50. The van der Waals surface area contributed by atoms with E-state index in [0.717, 1.165) is 6.07 Å². The highest BCUT2D eigenvalue weighted by atomic mass is 19.4. The van der Waals surface area contributed by atoms with Gasteiger partial charge in [-0.2, -0.15) is 18.4 Å². The van der Waals surface area contributed by atoms with E-state index in [1.54, 1.807) is 6.07 Å². The summed E-state index contributed by atoms with van der Waals surface area (Å²) in [6, 6.07) is 12.8. The zero-order valence-corrected chi connectivity index (χ0v) is 17.0. The van der Waals surface area contributed by atoms with E-state index in [0.29, 0.717) is 22.9 Å². The molecule has 0 aliphatic carbocycles. The predicted molar refractivity (Wildman–Crippen MR) is 112 cm³/mol. The summed E-state index contributed by atoms with van der Waals surface area (Å²) in [5, 5.41) is 11.5. The highest BCUT2D eigenvalue weighted by Gasteiger charge is 2.35. The molecule has 0 spiro atoms. The number of nitrogens with one attached hydrogen (secondary N) is 1. The highest BCUT2D eigenvalue weighted by Crippen LogP contribution is 2.40. The van der Waals surface area contributed by atoms with Crippen LogP contribution in [0.25, 0.3) is 11.6 Å². The smallest absolute Gasteiger partial charge is 0.420 e. The molecule has 0 unspecified atom stereocenters. The van der Waals surface area contributed by atoms with Gasteiger partial charge >= 0.3 is 6.18 Å². The van der Waals surface area contributed by atoms with E-state index >= 15 is 0 Å². The highest BCUT2D eigenvalue weighted by molar-refractivity contribution is 6.35. The number of anilines is 1. The summed E-state index contributed by atoms with van der Waals surface area (Å²) < 4.78 is 64.6. The second-order valence-corrected chi connectivity index (χ2v) is 7.03. The molecule has 1 aliphatic heterocycles. The molecule has 1 amide bonds. The Morgan fingerprint density at radius 3 is 2.52 bits per heavy atom. The van der Waals surface area contributed by atoms with Crippen molar-refractivity contribution in [3.8, 4) is 23.3 Å². The van der Waals surface area contributed by atoms with Gasteiger partial charge in [0.1, 0.15) is 23.1 Å². The molecule has 0 saturated heterocycles. The van der Waals surface area contributed by atoms with E-state index in [2.05, 4.69) is 5.32 Å². The summed E-state index contributed by atoms with van der Waals surface area (Å²) in [4.78, 5) is 12.3. The molecule has 0 saturated carbocycles. The van der Waals surface area contributed by atoms with Crippen molar-refractivity contribution in [1.29, 1.82) is 5.26 Å². The Labute approximate surface area is 185 Å². The Bertz CT molecular complexity index is 1340. The van der Waals surface area contributed by atoms with Crippen molar-refractivity contribution >= 4 is 23.2 Å². The number of nitriles is 1. The van der Waals surface area contributed by atoms with Crippen LogP contribution in [-0.4, -0.2) is 13.0 Å². The third kappa shape index (κ3) is 4.36. The Morgan fingerprint density at radius 1 is 1.03 bits per heavy atom. The molecule has 166 valence electrons. The number of methoxy groups -OCH3 is 1. The second kappa shape index (κ2) is 8.31. The number of alkyl halides is 3. The van der Waals surface area contributed by atoms with Gasteiger partial charge in [0.2, 0.25) is 0 Å². The number of fused-ring (bicyclic) bond motifs is 1. The van der Waals surface area contributed by atoms with Crippen molar-refractivity contribution in [3.63, 3.8) is 0 Å². The van der Waals surface area contributed by atoms with Gasteiger partial charge in [-0.1, -0.05) is 0 Å². The van der Waals surface area contributed by atoms with Crippen molar-refractivity contribution < 1.29 is 31.8 Å². The fourth-order valence-corrected chi connectivity index (χ4v) is 3.37. The summed E-state index contributed by atoms with van der Waals surface area (Å²) in [6.45, 7) is 0. The van der Waals surface area contributed by atoms with Gasteiger partial charge in [0.25, 0.3) is 5.91 Å². The Balaban J connectivity index is 1.70. The molecule has 0 atom stereocenters. The van der Waals surface area contributed by atoms with E-state index in [9.17, 15) is 22.4 Å². The number of ether oxygens (including phenoxy) is 2. The van der Waals surface area contributed by atoms with E-state index in [-0.39, 0.29) is 22.6 Å². The number of benzene rings is 3. The van der Waals surface area contributed by atoms with Gasteiger partial charge in [0, 0.05) is 28.5 Å². The van der Waals surface area contributed by atoms with Crippen LogP contribution in [0.1, 0.15) is 22.3 Å². The minimum Gasteiger partial charge on any atom is -0.496 e. The van der Waals surface area contributed by atoms with Crippen LogP contribution >= 0.6 is 0 Å². The quantitative estimate of drug-likeness (QED) is 0.387. The van der Waals surface area contributed by atoms with E-state index < -0.39 is 29.2 Å². The molecule has 0 fully saturated rings. The fourth-order valence-electron chi connectivity index (χ4n) is 3.37. The third-order valence-corrected chi connectivity index (χ3v) is 4.91. The van der Waals surface area contributed by atoms with Crippen molar-refractivity contribution in [3.05, 3.63) is 82.7 Å². The maximum absolute atomic E-state index is 13.7. The molecule has 4 rings (SSSR count). The van der Waals surface area contributed by atoms with Gasteiger partial charge in [0.15, 0.2) is 0 Å². The van der Waals surface area contributed by atoms with Crippen molar-refractivity contribution in [2.75, 3.05) is 12.4 Å². The standard InChI is InChI=1S/C24H14F4N2O3/c1-32-22-11-16(33-21-7-2-13(12-29)8-19(21)24(26,27)28)5-3-14(22)9-18-17-10-15(25)4-6-20(17)30-23(18)31/h2-11H,1H3,(H,30,31). The van der Waals surface area contributed by atoms with Crippen molar-refractivity contribution in [2.24, 2.45) is 0 Å². The molecule has 0 radical (unpaired) electrons. The lowest BCUT2D eigenvalue weighted by molar-refractivity contribution is -0.138. The normalized spacial score (nSPS) is 13.9. The minimum atomic E-state index is -4.73. The van der Waals surface area contributed by atoms with Crippen LogP contribution in [0.15, 0.2) is 54.6 Å². The minimum absolute atomic E-state index is 0.0477. The molecular formula is C24H14F4N2O3. The molecule has 5 nitrogen and oxygen atoms in total. The number of halogens is 4. The summed E-state index contributed by atoms with van der Waals surface area (Å²) in [7, 11) is 1.35. The van der Waals surface area contributed by atoms with Crippen LogP contribution in [0.5, 0.6) is 17.2 Å². The molecule has 1 aliphatic rings. The molecule has 1 heterocycles. The van der Waals surface area contributed by atoms with E-state index in [4.69, 9.17) is 14.7 Å². The van der Waals surface area contributed by atoms with Crippen LogP contribution in [-0.2, 0) is 11.0 Å². The van der Waals surface area contributed by atoms with Gasteiger partial charge in [0.05, 0.1) is 24.3 Å².